The third-order valence-corrected chi connectivity index (χ3v) is 2.45. The van der Waals surface area contributed by atoms with E-state index >= 15 is 0 Å². The predicted molar refractivity (Wildman–Crippen MR) is 63.7 cm³/mol. The fourth-order valence-electron chi connectivity index (χ4n) is 1.52. The van der Waals surface area contributed by atoms with Crippen molar-refractivity contribution in [3.63, 3.8) is 0 Å². The molecule has 0 atom stereocenters. The molecule has 1 aromatic carbocycles. The topological polar surface area (TPSA) is 83.6 Å². The van der Waals surface area contributed by atoms with Gasteiger partial charge in [-0.15, -0.1) is 0 Å². The molecule has 0 aliphatic heterocycles. The van der Waals surface area contributed by atoms with E-state index in [0.717, 1.165) is 18.2 Å². The van der Waals surface area contributed by atoms with Crippen molar-refractivity contribution in [3.8, 4) is 5.75 Å². The average molecular weight is 254 g/mol. The van der Waals surface area contributed by atoms with Crippen LogP contribution < -0.4 is 5.73 Å². The molecule has 5 nitrogen and oxygen atoms in total. The Morgan fingerprint density at radius 3 is 2.61 bits per heavy atom. The zero-order chi connectivity index (χ0) is 13.7. The molecule has 1 aromatic rings. The molecule has 3 N–H and O–H groups in total. The number of aromatic hydroxyl groups is 1. The van der Waals surface area contributed by atoms with E-state index in [1.54, 1.807) is 6.92 Å². The summed E-state index contributed by atoms with van der Waals surface area (Å²) < 4.78 is 13.0. The van der Waals surface area contributed by atoms with E-state index < -0.39 is 17.5 Å². The van der Waals surface area contributed by atoms with Gasteiger partial charge in [0.15, 0.2) is 5.78 Å². The van der Waals surface area contributed by atoms with Gasteiger partial charge in [-0.3, -0.25) is 14.5 Å². The van der Waals surface area contributed by atoms with Crippen molar-refractivity contribution in [2.45, 2.75) is 6.92 Å². The zero-order valence-corrected chi connectivity index (χ0v) is 10.0. The molecule has 0 fully saturated rings. The number of rotatable bonds is 6. The van der Waals surface area contributed by atoms with Crippen molar-refractivity contribution < 1.29 is 19.1 Å². The fraction of sp³-hybridized carbons (Fsp3) is 0.333. The van der Waals surface area contributed by atoms with Gasteiger partial charge in [0.1, 0.15) is 11.6 Å². The van der Waals surface area contributed by atoms with Gasteiger partial charge in [-0.2, -0.15) is 0 Å². The monoisotopic (exact) mass is 254 g/mol. The number of halogens is 1. The summed E-state index contributed by atoms with van der Waals surface area (Å²) >= 11 is 0. The van der Waals surface area contributed by atoms with Crippen LogP contribution in [-0.4, -0.2) is 41.3 Å². The first kappa shape index (κ1) is 14.1. The summed E-state index contributed by atoms with van der Waals surface area (Å²) in [6.45, 7) is 2.06. The maximum atomic E-state index is 13.0. The maximum Gasteiger partial charge on any atom is 0.231 e. The van der Waals surface area contributed by atoms with E-state index in [4.69, 9.17) is 5.73 Å². The molecule has 0 radical (unpaired) electrons. The first-order valence-corrected chi connectivity index (χ1v) is 5.46. The largest absolute Gasteiger partial charge is 0.507 e. The molecule has 0 saturated carbocycles. The van der Waals surface area contributed by atoms with Gasteiger partial charge in [-0.05, 0) is 24.7 Å². The second kappa shape index (κ2) is 6.11. The Labute approximate surface area is 104 Å². The summed E-state index contributed by atoms with van der Waals surface area (Å²) in [5.74, 6) is -1.89. The lowest BCUT2D eigenvalue weighted by Crippen LogP contribution is -2.37. The van der Waals surface area contributed by atoms with Crippen LogP contribution in [0, 0.1) is 5.82 Å². The lowest BCUT2D eigenvalue weighted by Gasteiger charge is -2.17. The van der Waals surface area contributed by atoms with Crippen molar-refractivity contribution >= 4 is 11.7 Å². The van der Waals surface area contributed by atoms with Crippen molar-refractivity contribution in [2.75, 3.05) is 19.6 Å². The fourth-order valence-corrected chi connectivity index (χ4v) is 1.52. The summed E-state index contributed by atoms with van der Waals surface area (Å²) in [5.41, 5.74) is 4.94. The number of phenolic OH excluding ortho intramolecular Hbond substituents is 1. The number of carbonyl (C=O) groups excluding carboxylic acids is 2. The van der Waals surface area contributed by atoms with Gasteiger partial charge in [0.25, 0.3) is 0 Å². The van der Waals surface area contributed by atoms with Crippen LogP contribution >= 0.6 is 0 Å². The van der Waals surface area contributed by atoms with Gasteiger partial charge in [0, 0.05) is 0 Å². The standard InChI is InChI=1S/C12H15FN2O3/c1-2-15(7-12(14)18)6-11(17)9-5-8(13)3-4-10(9)16/h3-5,16H,2,6-7H2,1H3,(H2,14,18). The van der Waals surface area contributed by atoms with Crippen LogP contribution in [0.15, 0.2) is 18.2 Å². The smallest absolute Gasteiger partial charge is 0.231 e. The number of phenols is 1. The summed E-state index contributed by atoms with van der Waals surface area (Å²) in [5, 5.41) is 9.48. The van der Waals surface area contributed by atoms with Crippen molar-refractivity contribution in [1.29, 1.82) is 0 Å². The molecule has 18 heavy (non-hydrogen) atoms. The summed E-state index contributed by atoms with van der Waals surface area (Å²) in [4.78, 5) is 24.1. The van der Waals surface area contributed by atoms with E-state index in [1.807, 2.05) is 0 Å². The SMILES string of the molecule is CCN(CC(N)=O)CC(=O)c1cc(F)ccc1O. The van der Waals surface area contributed by atoms with Crippen LogP contribution in [0.4, 0.5) is 4.39 Å². The molecule has 0 saturated heterocycles. The molecule has 0 unspecified atom stereocenters. The van der Waals surface area contributed by atoms with E-state index in [9.17, 15) is 19.1 Å². The number of nitrogens with zero attached hydrogens (tertiary/aromatic N) is 1. The Morgan fingerprint density at radius 1 is 1.39 bits per heavy atom. The number of nitrogens with two attached hydrogens (primary N) is 1. The Hall–Kier alpha value is -1.95. The first-order valence-electron chi connectivity index (χ1n) is 5.46. The van der Waals surface area contributed by atoms with Gasteiger partial charge < -0.3 is 10.8 Å². The molecule has 0 aromatic heterocycles. The van der Waals surface area contributed by atoms with Crippen LogP contribution in [0.3, 0.4) is 0 Å². The van der Waals surface area contributed by atoms with Gasteiger partial charge in [-0.25, -0.2) is 4.39 Å². The van der Waals surface area contributed by atoms with E-state index in [0.29, 0.717) is 6.54 Å². The molecular weight excluding hydrogens is 239 g/mol. The van der Waals surface area contributed by atoms with Crippen LogP contribution in [0.2, 0.25) is 0 Å². The minimum atomic E-state index is -0.603. The number of amides is 1. The highest BCUT2D eigenvalue weighted by molar-refractivity contribution is 6.00. The Balaban J connectivity index is 2.80. The lowest BCUT2D eigenvalue weighted by atomic mass is 10.1. The number of hydrogen-bond donors (Lipinski definition) is 2. The minimum absolute atomic E-state index is 0.0572. The van der Waals surface area contributed by atoms with Gasteiger partial charge in [0.2, 0.25) is 5.91 Å². The summed E-state index contributed by atoms with van der Waals surface area (Å²) in [6, 6.07) is 3.15. The summed E-state index contributed by atoms with van der Waals surface area (Å²) in [7, 11) is 0. The van der Waals surface area contributed by atoms with Crippen LogP contribution in [0.25, 0.3) is 0 Å². The van der Waals surface area contributed by atoms with Crippen LogP contribution in [0.5, 0.6) is 5.75 Å². The van der Waals surface area contributed by atoms with Gasteiger partial charge in [-0.1, -0.05) is 6.92 Å². The van der Waals surface area contributed by atoms with Crippen molar-refractivity contribution in [1.82, 2.24) is 4.90 Å². The van der Waals surface area contributed by atoms with Crippen molar-refractivity contribution in [3.05, 3.63) is 29.6 Å². The number of hydrogen-bond acceptors (Lipinski definition) is 4. The van der Waals surface area contributed by atoms with E-state index in [2.05, 4.69) is 0 Å². The average Bonchev–Trinajstić information content (AvgIpc) is 2.30. The highest BCUT2D eigenvalue weighted by atomic mass is 19.1. The molecule has 1 amide bonds. The number of likely N-dealkylation sites (N-methyl/N-ethyl adjacent to an activating group) is 1. The van der Waals surface area contributed by atoms with Crippen LogP contribution in [0.1, 0.15) is 17.3 Å². The number of carbonyl (C=O) groups is 2. The second-order valence-electron chi connectivity index (χ2n) is 3.85. The third kappa shape index (κ3) is 3.81. The normalized spacial score (nSPS) is 10.6. The first-order chi connectivity index (χ1) is 8.43. The highest BCUT2D eigenvalue weighted by Crippen LogP contribution is 2.18. The maximum absolute atomic E-state index is 13.0. The molecular formula is C12H15FN2O3. The molecule has 6 heteroatoms. The Kier molecular flexibility index (Phi) is 4.79. The van der Waals surface area contributed by atoms with Crippen LogP contribution in [-0.2, 0) is 4.79 Å². The van der Waals surface area contributed by atoms with Crippen molar-refractivity contribution in [2.24, 2.45) is 5.73 Å². The van der Waals surface area contributed by atoms with Gasteiger partial charge in [0.05, 0.1) is 18.7 Å². The second-order valence-corrected chi connectivity index (χ2v) is 3.85. The molecule has 98 valence electrons. The number of primary amides is 1. The molecule has 1 rings (SSSR count). The Morgan fingerprint density at radius 2 is 2.06 bits per heavy atom. The third-order valence-electron chi connectivity index (χ3n) is 2.45. The molecule has 0 heterocycles. The number of ketones is 1. The molecule has 0 aliphatic rings. The summed E-state index contributed by atoms with van der Waals surface area (Å²) in [6.07, 6.45) is 0. The minimum Gasteiger partial charge on any atom is -0.507 e. The quantitative estimate of drug-likeness (QED) is 0.725. The van der Waals surface area contributed by atoms with E-state index in [1.165, 1.54) is 4.90 Å². The number of benzene rings is 1. The highest BCUT2D eigenvalue weighted by Gasteiger charge is 2.16. The molecule has 0 aliphatic carbocycles. The Bertz CT molecular complexity index is 463. The zero-order valence-electron chi connectivity index (χ0n) is 10.0. The molecule has 0 spiro atoms. The lowest BCUT2D eigenvalue weighted by molar-refractivity contribution is -0.118. The van der Waals surface area contributed by atoms with E-state index in [-0.39, 0.29) is 24.4 Å². The predicted octanol–water partition coefficient (Wildman–Crippen LogP) is 0.521. The van der Waals surface area contributed by atoms with Gasteiger partial charge >= 0.3 is 0 Å². The number of Topliss-reactive ketones (excluding diaryl/α,β-unsaturated/α-hetero) is 1. The molecule has 0 bridgehead atoms.